The van der Waals surface area contributed by atoms with Crippen molar-refractivity contribution in [3.63, 3.8) is 0 Å². The highest BCUT2D eigenvalue weighted by atomic mass is 35.5. The zero-order valence-corrected chi connectivity index (χ0v) is 19.3. The van der Waals surface area contributed by atoms with Gasteiger partial charge >= 0.3 is 5.97 Å². The number of benzene rings is 2. The highest BCUT2D eigenvalue weighted by molar-refractivity contribution is 7.92. The number of rotatable bonds is 7. The Balaban J connectivity index is 0.00000320. The average Bonchev–Trinajstić information content (AvgIpc) is 2.67. The lowest BCUT2D eigenvalue weighted by atomic mass is 9.76. The molecule has 10 heteroatoms. The Morgan fingerprint density at radius 2 is 1.83 bits per heavy atom. The lowest BCUT2D eigenvalue weighted by Gasteiger charge is -2.32. The van der Waals surface area contributed by atoms with Crippen LogP contribution in [0.4, 0.5) is 5.69 Å². The summed E-state index contributed by atoms with van der Waals surface area (Å²) in [6.07, 6.45) is 1.35. The third kappa shape index (κ3) is 5.80. The predicted octanol–water partition coefficient (Wildman–Crippen LogP) is 4.82. The molecule has 2 aromatic carbocycles. The summed E-state index contributed by atoms with van der Waals surface area (Å²) in [6.45, 7) is 0. The van der Waals surface area contributed by atoms with Crippen molar-refractivity contribution in [3.8, 4) is 0 Å². The van der Waals surface area contributed by atoms with E-state index in [1.54, 1.807) is 12.1 Å². The number of carboxylic acids is 1. The van der Waals surface area contributed by atoms with Gasteiger partial charge in [-0.2, -0.15) is 0 Å². The lowest BCUT2D eigenvalue weighted by Crippen LogP contribution is -2.25. The predicted molar refractivity (Wildman–Crippen MR) is 123 cm³/mol. The first-order chi connectivity index (χ1) is 13.7. The van der Waals surface area contributed by atoms with Crippen molar-refractivity contribution >= 4 is 57.3 Å². The fourth-order valence-corrected chi connectivity index (χ4v) is 5.07. The molecule has 3 rings (SSSR count). The summed E-state index contributed by atoms with van der Waals surface area (Å²) in [6, 6.07) is 11.2. The third-order valence-electron chi connectivity index (χ3n) is 5.13. The maximum Gasteiger partial charge on any atom is 0.304 e. The molecule has 0 amide bonds. The van der Waals surface area contributed by atoms with E-state index < -0.39 is 28.2 Å². The second-order valence-electron chi connectivity index (χ2n) is 7.05. The monoisotopic (exact) mass is 492 g/mol. The second-order valence-corrected chi connectivity index (χ2v) is 9.71. The molecule has 1 aliphatic rings. The molecule has 2 aromatic rings. The molecule has 0 saturated carbocycles. The third-order valence-corrected chi connectivity index (χ3v) is 7.16. The minimum atomic E-state index is -3.74. The van der Waals surface area contributed by atoms with Crippen LogP contribution >= 0.6 is 35.6 Å². The number of carboxylic acid groups (broad SMARTS) is 1. The first-order valence-corrected chi connectivity index (χ1v) is 11.6. The van der Waals surface area contributed by atoms with Gasteiger partial charge in [0.2, 0.25) is 10.0 Å². The SMILES string of the molecule is CNC1CCC(c2ccc(Cl)c(Cl)c2)c2ccc(NS(=O)(=O)CCC(=O)O)cc21.Cl. The van der Waals surface area contributed by atoms with Gasteiger partial charge in [0.15, 0.2) is 0 Å². The molecule has 0 spiro atoms. The smallest absolute Gasteiger partial charge is 0.304 e. The van der Waals surface area contributed by atoms with Crippen molar-refractivity contribution in [1.82, 2.24) is 5.32 Å². The highest BCUT2D eigenvalue weighted by Crippen LogP contribution is 2.43. The number of halogens is 3. The van der Waals surface area contributed by atoms with Crippen LogP contribution in [0.1, 0.15) is 47.9 Å². The zero-order valence-electron chi connectivity index (χ0n) is 16.2. The molecule has 3 N–H and O–H groups in total. The van der Waals surface area contributed by atoms with Gasteiger partial charge in [-0.3, -0.25) is 9.52 Å². The van der Waals surface area contributed by atoms with Gasteiger partial charge in [0.05, 0.1) is 22.2 Å². The summed E-state index contributed by atoms with van der Waals surface area (Å²) in [7, 11) is -1.87. The van der Waals surface area contributed by atoms with E-state index in [2.05, 4.69) is 10.0 Å². The summed E-state index contributed by atoms with van der Waals surface area (Å²) < 4.78 is 26.8. The molecule has 0 saturated heterocycles. The molecule has 0 fully saturated rings. The molecular formula is C20H23Cl3N2O4S. The average molecular weight is 494 g/mol. The number of sulfonamides is 1. The summed E-state index contributed by atoms with van der Waals surface area (Å²) in [5.74, 6) is -1.50. The van der Waals surface area contributed by atoms with Crippen molar-refractivity contribution < 1.29 is 18.3 Å². The normalized spacial score (nSPS) is 18.2. The van der Waals surface area contributed by atoms with Crippen LogP contribution in [0.25, 0.3) is 0 Å². The van der Waals surface area contributed by atoms with E-state index in [1.807, 2.05) is 31.3 Å². The van der Waals surface area contributed by atoms with Gasteiger partial charge in [-0.1, -0.05) is 35.3 Å². The molecule has 6 nitrogen and oxygen atoms in total. The first-order valence-electron chi connectivity index (χ1n) is 9.18. The van der Waals surface area contributed by atoms with Gasteiger partial charge in [-0.05, 0) is 60.8 Å². The van der Waals surface area contributed by atoms with Crippen LogP contribution in [-0.2, 0) is 14.8 Å². The van der Waals surface area contributed by atoms with Crippen molar-refractivity contribution in [1.29, 1.82) is 0 Å². The fraction of sp³-hybridized carbons (Fsp3) is 0.350. The molecule has 30 heavy (non-hydrogen) atoms. The molecule has 0 aliphatic heterocycles. The molecule has 2 atom stereocenters. The minimum absolute atomic E-state index is 0. The van der Waals surface area contributed by atoms with E-state index in [-0.39, 0.29) is 24.4 Å². The van der Waals surface area contributed by atoms with Crippen molar-refractivity contribution in [2.75, 3.05) is 17.5 Å². The summed E-state index contributed by atoms with van der Waals surface area (Å²) >= 11 is 12.3. The van der Waals surface area contributed by atoms with Crippen LogP contribution in [0, 0.1) is 0 Å². The van der Waals surface area contributed by atoms with Crippen LogP contribution in [-0.4, -0.2) is 32.3 Å². The molecule has 2 unspecified atom stereocenters. The largest absolute Gasteiger partial charge is 0.481 e. The van der Waals surface area contributed by atoms with Crippen LogP contribution in [0.15, 0.2) is 36.4 Å². The van der Waals surface area contributed by atoms with E-state index >= 15 is 0 Å². The van der Waals surface area contributed by atoms with E-state index in [0.29, 0.717) is 15.7 Å². The first kappa shape index (κ1) is 24.8. The van der Waals surface area contributed by atoms with Crippen LogP contribution in [0.5, 0.6) is 0 Å². The molecule has 0 aromatic heterocycles. The molecule has 0 radical (unpaired) electrons. The van der Waals surface area contributed by atoms with Gasteiger partial charge < -0.3 is 10.4 Å². The number of aliphatic carboxylic acids is 1. The number of hydrogen-bond donors (Lipinski definition) is 3. The number of anilines is 1. The van der Waals surface area contributed by atoms with Crippen LogP contribution in [0.2, 0.25) is 10.0 Å². The number of fused-ring (bicyclic) bond motifs is 1. The maximum absolute atomic E-state index is 12.2. The highest BCUT2D eigenvalue weighted by Gasteiger charge is 2.28. The van der Waals surface area contributed by atoms with Gasteiger partial charge in [-0.15, -0.1) is 12.4 Å². The van der Waals surface area contributed by atoms with E-state index in [4.69, 9.17) is 28.3 Å². The molecule has 0 heterocycles. The fourth-order valence-electron chi connectivity index (χ4n) is 3.73. The summed E-state index contributed by atoms with van der Waals surface area (Å²) in [4.78, 5) is 10.7. The Kier molecular flexibility index (Phi) is 8.42. The van der Waals surface area contributed by atoms with Gasteiger partial charge in [0, 0.05) is 17.6 Å². The van der Waals surface area contributed by atoms with E-state index in [9.17, 15) is 13.2 Å². The van der Waals surface area contributed by atoms with Gasteiger partial charge in [-0.25, -0.2) is 8.42 Å². The quantitative estimate of drug-likeness (QED) is 0.514. The Morgan fingerprint density at radius 3 is 2.47 bits per heavy atom. The lowest BCUT2D eigenvalue weighted by molar-refractivity contribution is -0.136. The number of nitrogens with one attached hydrogen (secondary N) is 2. The summed E-state index contributed by atoms with van der Waals surface area (Å²) in [5.41, 5.74) is 3.59. The van der Waals surface area contributed by atoms with Crippen molar-refractivity contribution in [2.45, 2.75) is 31.2 Å². The number of carbonyl (C=O) groups is 1. The van der Waals surface area contributed by atoms with E-state index in [0.717, 1.165) is 29.5 Å². The Hall–Kier alpha value is -1.51. The Morgan fingerprint density at radius 1 is 1.10 bits per heavy atom. The summed E-state index contributed by atoms with van der Waals surface area (Å²) in [5, 5.41) is 13.0. The van der Waals surface area contributed by atoms with Crippen LogP contribution < -0.4 is 10.0 Å². The maximum atomic E-state index is 12.2. The van der Waals surface area contributed by atoms with Gasteiger partial charge in [0.1, 0.15) is 0 Å². The number of hydrogen-bond acceptors (Lipinski definition) is 4. The van der Waals surface area contributed by atoms with Crippen molar-refractivity contribution in [2.24, 2.45) is 0 Å². The van der Waals surface area contributed by atoms with Gasteiger partial charge in [0.25, 0.3) is 0 Å². The second kappa shape index (κ2) is 10.2. The van der Waals surface area contributed by atoms with Crippen molar-refractivity contribution in [3.05, 3.63) is 63.1 Å². The van der Waals surface area contributed by atoms with Crippen LogP contribution in [0.3, 0.4) is 0 Å². The topological polar surface area (TPSA) is 95.5 Å². The minimum Gasteiger partial charge on any atom is -0.481 e. The Labute approximate surface area is 192 Å². The Bertz CT molecular complexity index is 1030. The van der Waals surface area contributed by atoms with E-state index in [1.165, 1.54) is 0 Å². The molecular weight excluding hydrogens is 471 g/mol. The molecule has 0 bridgehead atoms. The molecule has 1 aliphatic carbocycles. The zero-order chi connectivity index (χ0) is 21.2. The molecule has 164 valence electrons. The standard InChI is InChI=1S/C20H22Cl2N2O4S.ClH/c1-23-19-7-5-14(12-2-6-17(21)18(22)10-12)15-4-3-13(11-16(15)19)24-29(27,28)9-8-20(25)26;/h2-4,6,10-11,14,19,23-24H,5,7-9H2,1H3,(H,25,26);1H.